The first kappa shape index (κ1) is 19.2. The number of rotatable bonds is 3. The van der Waals surface area contributed by atoms with Crippen molar-refractivity contribution >= 4 is 29.1 Å². The predicted octanol–water partition coefficient (Wildman–Crippen LogP) is 3.41. The second kappa shape index (κ2) is 7.35. The highest BCUT2D eigenvalue weighted by atomic mass is 16.2. The summed E-state index contributed by atoms with van der Waals surface area (Å²) in [6.45, 7) is 4.89. The molecule has 0 atom stereocenters. The van der Waals surface area contributed by atoms with Crippen molar-refractivity contribution in [3.8, 4) is 0 Å². The van der Waals surface area contributed by atoms with E-state index in [1.807, 2.05) is 67.3 Å². The van der Waals surface area contributed by atoms with E-state index in [0.717, 1.165) is 11.3 Å². The van der Waals surface area contributed by atoms with Gasteiger partial charge >= 0.3 is 0 Å². The third-order valence-corrected chi connectivity index (χ3v) is 5.95. The molecule has 1 saturated heterocycles. The third kappa shape index (κ3) is 3.62. The average molecular weight is 391 g/mol. The molecular formula is C23H25N3O3. The number of piperidine rings is 1. The van der Waals surface area contributed by atoms with Crippen molar-refractivity contribution in [3.63, 3.8) is 0 Å². The zero-order valence-electron chi connectivity index (χ0n) is 16.7. The SMILES string of the molecule is CC1(C)C(=O)Nc2ccc(NC(=O)C3CCN(C(=O)c4ccccc4)CC3)cc21. The van der Waals surface area contributed by atoms with E-state index in [1.54, 1.807) is 0 Å². The summed E-state index contributed by atoms with van der Waals surface area (Å²) in [5.41, 5.74) is 2.45. The van der Waals surface area contributed by atoms with Crippen LogP contribution in [0.3, 0.4) is 0 Å². The first-order chi connectivity index (χ1) is 13.9. The topological polar surface area (TPSA) is 78.5 Å². The van der Waals surface area contributed by atoms with Gasteiger partial charge in [-0.15, -0.1) is 0 Å². The third-order valence-electron chi connectivity index (χ3n) is 5.95. The molecule has 3 amide bonds. The van der Waals surface area contributed by atoms with E-state index >= 15 is 0 Å². The van der Waals surface area contributed by atoms with Crippen LogP contribution in [0.1, 0.15) is 42.6 Å². The predicted molar refractivity (Wildman–Crippen MR) is 112 cm³/mol. The summed E-state index contributed by atoms with van der Waals surface area (Å²) in [5.74, 6) is -0.184. The highest BCUT2D eigenvalue weighted by Crippen LogP contribution is 2.38. The summed E-state index contributed by atoms with van der Waals surface area (Å²) >= 11 is 0. The molecule has 2 aromatic rings. The van der Waals surface area contributed by atoms with Crippen molar-refractivity contribution < 1.29 is 14.4 Å². The maximum absolute atomic E-state index is 12.7. The molecule has 6 heteroatoms. The molecular weight excluding hydrogens is 366 g/mol. The van der Waals surface area contributed by atoms with Crippen molar-refractivity contribution in [2.24, 2.45) is 5.92 Å². The number of carbonyl (C=O) groups excluding carboxylic acids is 3. The number of hydrogen-bond donors (Lipinski definition) is 2. The maximum atomic E-state index is 12.7. The molecule has 0 aromatic heterocycles. The van der Waals surface area contributed by atoms with Gasteiger partial charge in [0.1, 0.15) is 0 Å². The van der Waals surface area contributed by atoms with Crippen LogP contribution < -0.4 is 10.6 Å². The molecule has 2 heterocycles. The summed E-state index contributed by atoms with van der Waals surface area (Å²) in [5, 5.41) is 5.86. The molecule has 2 aliphatic heterocycles. The number of amides is 3. The van der Waals surface area contributed by atoms with E-state index in [-0.39, 0.29) is 23.6 Å². The van der Waals surface area contributed by atoms with Gasteiger partial charge in [0.05, 0.1) is 5.41 Å². The van der Waals surface area contributed by atoms with Gasteiger partial charge in [0.15, 0.2) is 0 Å². The fraction of sp³-hybridized carbons (Fsp3) is 0.348. The van der Waals surface area contributed by atoms with Crippen LogP contribution in [-0.4, -0.2) is 35.7 Å². The van der Waals surface area contributed by atoms with Crippen molar-refractivity contribution in [2.45, 2.75) is 32.1 Å². The zero-order chi connectivity index (χ0) is 20.6. The summed E-state index contributed by atoms with van der Waals surface area (Å²) in [6, 6.07) is 14.7. The van der Waals surface area contributed by atoms with E-state index in [2.05, 4.69) is 10.6 Å². The van der Waals surface area contributed by atoms with Crippen molar-refractivity contribution in [2.75, 3.05) is 23.7 Å². The van der Waals surface area contributed by atoms with Crippen LogP contribution in [0.5, 0.6) is 0 Å². The van der Waals surface area contributed by atoms with Crippen LogP contribution in [0, 0.1) is 5.92 Å². The Kier molecular flexibility index (Phi) is 4.86. The van der Waals surface area contributed by atoms with Crippen molar-refractivity contribution in [1.82, 2.24) is 4.90 Å². The molecule has 2 aliphatic rings. The normalized spacial score (nSPS) is 18.1. The number of likely N-dealkylation sites (tertiary alicyclic amines) is 1. The Balaban J connectivity index is 1.37. The Morgan fingerprint density at radius 3 is 2.45 bits per heavy atom. The number of nitrogens with one attached hydrogen (secondary N) is 2. The minimum absolute atomic E-state index is 0.0162. The monoisotopic (exact) mass is 391 g/mol. The van der Waals surface area contributed by atoms with Gasteiger partial charge in [0.25, 0.3) is 5.91 Å². The Morgan fingerprint density at radius 2 is 1.76 bits per heavy atom. The number of hydrogen-bond acceptors (Lipinski definition) is 3. The molecule has 0 radical (unpaired) electrons. The fourth-order valence-electron chi connectivity index (χ4n) is 4.00. The van der Waals surface area contributed by atoms with Crippen LogP contribution in [0.4, 0.5) is 11.4 Å². The first-order valence-electron chi connectivity index (χ1n) is 9.97. The molecule has 2 aromatic carbocycles. The number of anilines is 2. The Labute approximate surface area is 170 Å². The van der Waals surface area contributed by atoms with Crippen LogP contribution in [0.15, 0.2) is 48.5 Å². The molecule has 0 unspecified atom stereocenters. The molecule has 1 fully saturated rings. The van der Waals surface area contributed by atoms with Gasteiger partial charge in [0.2, 0.25) is 11.8 Å². The minimum Gasteiger partial charge on any atom is -0.339 e. The summed E-state index contributed by atoms with van der Waals surface area (Å²) in [4.78, 5) is 39.2. The van der Waals surface area contributed by atoms with Crippen molar-refractivity contribution in [1.29, 1.82) is 0 Å². The van der Waals surface area contributed by atoms with Crippen LogP contribution >= 0.6 is 0 Å². The first-order valence-corrected chi connectivity index (χ1v) is 9.97. The van der Waals surface area contributed by atoms with Gasteiger partial charge in [-0.25, -0.2) is 0 Å². The number of benzene rings is 2. The van der Waals surface area contributed by atoms with E-state index in [4.69, 9.17) is 0 Å². The smallest absolute Gasteiger partial charge is 0.253 e. The van der Waals surface area contributed by atoms with Crippen molar-refractivity contribution in [3.05, 3.63) is 59.7 Å². The second-order valence-electron chi connectivity index (χ2n) is 8.26. The summed E-state index contributed by atoms with van der Waals surface area (Å²) in [7, 11) is 0. The fourth-order valence-corrected chi connectivity index (χ4v) is 4.00. The lowest BCUT2D eigenvalue weighted by Crippen LogP contribution is -2.41. The molecule has 4 rings (SSSR count). The Hall–Kier alpha value is -3.15. The van der Waals surface area contributed by atoms with Crippen LogP contribution in [0.2, 0.25) is 0 Å². The molecule has 0 spiro atoms. The summed E-state index contributed by atoms with van der Waals surface area (Å²) < 4.78 is 0. The van der Waals surface area contributed by atoms with Gasteiger partial charge in [-0.2, -0.15) is 0 Å². The zero-order valence-corrected chi connectivity index (χ0v) is 16.7. The van der Waals surface area contributed by atoms with E-state index < -0.39 is 5.41 Å². The van der Waals surface area contributed by atoms with E-state index in [0.29, 0.717) is 37.2 Å². The molecule has 0 saturated carbocycles. The maximum Gasteiger partial charge on any atom is 0.253 e. The quantitative estimate of drug-likeness (QED) is 0.842. The Morgan fingerprint density at radius 1 is 1.07 bits per heavy atom. The Bertz CT molecular complexity index is 961. The molecule has 0 bridgehead atoms. The van der Waals surface area contributed by atoms with Gasteiger partial charge in [-0.1, -0.05) is 18.2 Å². The lowest BCUT2D eigenvalue weighted by molar-refractivity contribution is -0.121. The number of fused-ring (bicyclic) bond motifs is 1. The van der Waals surface area contributed by atoms with E-state index in [9.17, 15) is 14.4 Å². The minimum atomic E-state index is -0.612. The largest absolute Gasteiger partial charge is 0.339 e. The number of nitrogens with zero attached hydrogens (tertiary/aromatic N) is 1. The molecule has 2 N–H and O–H groups in total. The van der Waals surface area contributed by atoms with Crippen LogP contribution in [0.25, 0.3) is 0 Å². The number of carbonyl (C=O) groups is 3. The lowest BCUT2D eigenvalue weighted by atomic mass is 9.86. The lowest BCUT2D eigenvalue weighted by Gasteiger charge is -2.31. The summed E-state index contributed by atoms with van der Waals surface area (Å²) in [6.07, 6.45) is 1.28. The average Bonchev–Trinajstić information content (AvgIpc) is 2.96. The molecule has 29 heavy (non-hydrogen) atoms. The highest BCUT2D eigenvalue weighted by Gasteiger charge is 2.38. The van der Waals surface area contributed by atoms with E-state index in [1.165, 1.54) is 0 Å². The molecule has 150 valence electrons. The van der Waals surface area contributed by atoms with Gasteiger partial charge in [-0.3, -0.25) is 14.4 Å². The molecule has 6 nitrogen and oxygen atoms in total. The van der Waals surface area contributed by atoms with Gasteiger partial charge in [0, 0.05) is 35.9 Å². The standard InChI is InChI=1S/C23H25N3O3/c1-23(2)18-14-17(8-9-19(18)25-22(23)29)24-20(27)15-10-12-26(13-11-15)21(28)16-6-4-3-5-7-16/h3-9,14-15H,10-13H2,1-2H3,(H,24,27)(H,25,29). The van der Waals surface area contributed by atoms with Gasteiger partial charge in [-0.05, 0) is 62.6 Å². The van der Waals surface area contributed by atoms with Gasteiger partial charge < -0.3 is 15.5 Å². The van der Waals surface area contributed by atoms with Crippen LogP contribution in [-0.2, 0) is 15.0 Å². The highest BCUT2D eigenvalue weighted by molar-refractivity contribution is 6.06. The second-order valence-corrected chi connectivity index (χ2v) is 8.26. The molecule has 0 aliphatic carbocycles.